The number of amidine groups is 1. The molecule has 5 heterocycles. The normalized spacial score (nSPS) is 27.0. The van der Waals surface area contributed by atoms with Gasteiger partial charge in [0.25, 0.3) is 11.6 Å². The first-order valence-corrected chi connectivity index (χ1v) is 14.1. The highest BCUT2D eigenvalue weighted by molar-refractivity contribution is 6.14. The van der Waals surface area contributed by atoms with Crippen LogP contribution in [0.4, 0.5) is 8.78 Å². The Hall–Kier alpha value is -3.57. The van der Waals surface area contributed by atoms with Crippen molar-refractivity contribution in [2.75, 3.05) is 26.2 Å². The van der Waals surface area contributed by atoms with Gasteiger partial charge in [-0.05, 0) is 44.3 Å². The fourth-order valence-corrected chi connectivity index (χ4v) is 6.94. The number of halogens is 2. The summed E-state index contributed by atoms with van der Waals surface area (Å²) >= 11 is 0. The van der Waals surface area contributed by atoms with Gasteiger partial charge < -0.3 is 15.2 Å². The molecule has 4 aliphatic heterocycles. The number of aromatic amines is 2. The number of allylic oxidation sites excluding steroid dienone is 2. The molecule has 2 saturated heterocycles. The van der Waals surface area contributed by atoms with Gasteiger partial charge in [-0.25, -0.2) is 13.8 Å². The first-order chi connectivity index (χ1) is 19.5. The van der Waals surface area contributed by atoms with Gasteiger partial charge in [-0.1, -0.05) is 30.4 Å². The van der Waals surface area contributed by atoms with Gasteiger partial charge in [-0.3, -0.25) is 25.1 Å². The standard InChI is InChI=1S/C29H33F2N7O2/c30-21-8-2-6-17-5-1-7-19(22(17)21)24-23(31)25-20(15-32-24)26(33-13-18-14-34-37-27(18)39)36-28(35-25)40-16-29-9-3-11-38(29)12-4-10-29/h1-2,5-7,14,20-21,26,33H,3-4,8-13,15-16H2,(H,35,36)(H2,34,37,39). The topological polar surface area (TPSA) is 110 Å². The van der Waals surface area contributed by atoms with E-state index < -0.39 is 24.1 Å². The van der Waals surface area contributed by atoms with Crippen LogP contribution in [-0.4, -0.2) is 64.8 Å². The van der Waals surface area contributed by atoms with Crippen molar-refractivity contribution in [3.8, 4) is 0 Å². The molecule has 0 bridgehead atoms. The zero-order valence-corrected chi connectivity index (χ0v) is 22.2. The molecule has 210 valence electrons. The maximum Gasteiger partial charge on any atom is 0.290 e. The summed E-state index contributed by atoms with van der Waals surface area (Å²) in [6, 6.07) is 5.63. The number of dihydropyridines is 1. The molecule has 40 heavy (non-hydrogen) atoms. The molecule has 2 fully saturated rings. The van der Waals surface area contributed by atoms with E-state index in [1.165, 1.54) is 0 Å². The van der Waals surface area contributed by atoms with Gasteiger partial charge in [-0.2, -0.15) is 0 Å². The summed E-state index contributed by atoms with van der Waals surface area (Å²) in [6.45, 7) is 3.11. The van der Waals surface area contributed by atoms with E-state index in [0.717, 1.165) is 44.3 Å². The fourth-order valence-electron chi connectivity index (χ4n) is 6.94. The second-order valence-corrected chi connectivity index (χ2v) is 11.3. The van der Waals surface area contributed by atoms with Crippen LogP contribution in [0.15, 0.2) is 56.8 Å². The SMILES string of the molecule is O=c1[nH][nH]cc1CNC1N=C(OCC23CCCN2CCC3)NC2=C(F)C(c3cccc4c3C(F)CC=C4)=NCC21. The number of benzene rings is 1. The maximum atomic E-state index is 16.4. The van der Waals surface area contributed by atoms with E-state index in [2.05, 4.69) is 30.7 Å². The number of nitrogens with one attached hydrogen (secondary N) is 4. The minimum atomic E-state index is -1.22. The van der Waals surface area contributed by atoms with Gasteiger partial charge in [0, 0.05) is 30.3 Å². The lowest BCUT2D eigenvalue weighted by atomic mass is 9.86. The number of nitrogens with zero attached hydrogens (tertiary/aromatic N) is 3. The van der Waals surface area contributed by atoms with Gasteiger partial charge in [-0.15, -0.1) is 0 Å². The van der Waals surface area contributed by atoms with E-state index in [-0.39, 0.29) is 42.3 Å². The highest BCUT2D eigenvalue weighted by Gasteiger charge is 2.46. The zero-order valence-electron chi connectivity index (χ0n) is 22.2. The molecule has 4 N–H and O–H groups in total. The first-order valence-electron chi connectivity index (χ1n) is 14.1. The summed E-state index contributed by atoms with van der Waals surface area (Å²) < 4.78 is 37.7. The number of alkyl halides is 1. The molecule has 7 rings (SSSR count). The number of fused-ring (bicyclic) bond motifs is 3. The van der Waals surface area contributed by atoms with E-state index in [1.54, 1.807) is 24.4 Å². The molecule has 3 atom stereocenters. The summed E-state index contributed by atoms with van der Waals surface area (Å²) in [4.78, 5) is 24.0. The van der Waals surface area contributed by atoms with Gasteiger partial charge in [0.1, 0.15) is 24.7 Å². The molecule has 1 aromatic carbocycles. The van der Waals surface area contributed by atoms with E-state index in [4.69, 9.17) is 9.73 Å². The van der Waals surface area contributed by atoms with Crippen LogP contribution in [0.2, 0.25) is 0 Å². The molecule has 0 amide bonds. The van der Waals surface area contributed by atoms with E-state index in [1.807, 2.05) is 12.1 Å². The molecule has 2 aromatic rings. The van der Waals surface area contributed by atoms with Crippen molar-refractivity contribution in [3.63, 3.8) is 0 Å². The lowest BCUT2D eigenvalue weighted by Gasteiger charge is -2.37. The van der Waals surface area contributed by atoms with Crippen molar-refractivity contribution in [2.24, 2.45) is 15.9 Å². The highest BCUT2D eigenvalue weighted by atomic mass is 19.1. The molecule has 1 aliphatic carbocycles. The Balaban J connectivity index is 1.20. The Bertz CT molecular complexity index is 1480. The van der Waals surface area contributed by atoms with Crippen molar-refractivity contribution >= 4 is 17.8 Å². The van der Waals surface area contributed by atoms with Crippen LogP contribution >= 0.6 is 0 Å². The predicted molar refractivity (Wildman–Crippen MR) is 148 cm³/mol. The molecular weight excluding hydrogens is 516 g/mol. The molecule has 5 aliphatic rings. The van der Waals surface area contributed by atoms with Crippen molar-refractivity contribution in [1.29, 1.82) is 0 Å². The Morgan fingerprint density at radius 3 is 2.88 bits per heavy atom. The molecule has 1 aromatic heterocycles. The summed E-state index contributed by atoms with van der Waals surface area (Å²) in [5.41, 5.74) is 2.45. The third kappa shape index (κ3) is 4.32. The zero-order chi connectivity index (χ0) is 27.3. The number of aliphatic imine (C=N–C) groups is 2. The smallest absolute Gasteiger partial charge is 0.290 e. The second kappa shape index (κ2) is 10.1. The highest BCUT2D eigenvalue weighted by Crippen LogP contribution is 2.40. The quantitative estimate of drug-likeness (QED) is 0.441. The van der Waals surface area contributed by atoms with E-state index in [9.17, 15) is 4.79 Å². The van der Waals surface area contributed by atoms with Crippen LogP contribution in [0.3, 0.4) is 0 Å². The molecule has 11 heteroatoms. The van der Waals surface area contributed by atoms with Crippen LogP contribution in [0, 0.1) is 5.92 Å². The maximum absolute atomic E-state index is 16.4. The summed E-state index contributed by atoms with van der Waals surface area (Å²) in [5, 5.41) is 11.7. The predicted octanol–water partition coefficient (Wildman–Crippen LogP) is 3.45. The average molecular weight is 550 g/mol. The van der Waals surface area contributed by atoms with Gasteiger partial charge in [0.15, 0.2) is 5.83 Å². The second-order valence-electron chi connectivity index (χ2n) is 11.3. The minimum absolute atomic E-state index is 0.00125. The number of rotatable bonds is 6. The van der Waals surface area contributed by atoms with Gasteiger partial charge >= 0.3 is 0 Å². The number of H-pyrrole nitrogens is 2. The number of hydrogen-bond acceptors (Lipinski definition) is 7. The van der Waals surface area contributed by atoms with Crippen molar-refractivity contribution < 1.29 is 13.5 Å². The molecule has 0 spiro atoms. The summed E-state index contributed by atoms with van der Waals surface area (Å²) in [7, 11) is 0. The third-order valence-corrected chi connectivity index (χ3v) is 9.00. The molecule has 0 saturated carbocycles. The van der Waals surface area contributed by atoms with Crippen LogP contribution in [0.5, 0.6) is 0 Å². The van der Waals surface area contributed by atoms with Crippen molar-refractivity contribution in [3.05, 3.63) is 74.6 Å². The Labute approximate surface area is 230 Å². The number of hydrogen-bond donors (Lipinski definition) is 4. The summed E-state index contributed by atoms with van der Waals surface area (Å²) in [5.74, 6) is -0.974. The van der Waals surface area contributed by atoms with Crippen LogP contribution in [0.1, 0.15) is 60.5 Å². The first kappa shape index (κ1) is 25.4. The van der Waals surface area contributed by atoms with Gasteiger partial charge in [0.05, 0.1) is 29.3 Å². The van der Waals surface area contributed by atoms with Crippen LogP contribution < -0.4 is 16.2 Å². The molecular formula is C29H33F2N7O2. The monoisotopic (exact) mass is 549 g/mol. The van der Waals surface area contributed by atoms with Gasteiger partial charge in [0.2, 0.25) is 0 Å². The minimum Gasteiger partial charge on any atom is -0.463 e. The van der Waals surface area contributed by atoms with Crippen molar-refractivity contribution in [1.82, 2.24) is 25.7 Å². The number of aromatic nitrogens is 2. The number of ether oxygens (including phenoxy) is 1. The van der Waals surface area contributed by atoms with Crippen LogP contribution in [-0.2, 0) is 11.3 Å². The Morgan fingerprint density at radius 1 is 1.23 bits per heavy atom. The lowest BCUT2D eigenvalue weighted by molar-refractivity contribution is 0.101. The summed E-state index contributed by atoms with van der Waals surface area (Å²) in [6.07, 6.45) is 8.18. The Kier molecular flexibility index (Phi) is 6.42. The largest absolute Gasteiger partial charge is 0.463 e. The molecule has 3 unspecified atom stereocenters. The Morgan fingerprint density at radius 2 is 2.08 bits per heavy atom. The fraction of sp³-hybridized carbons (Fsp3) is 0.483. The lowest BCUT2D eigenvalue weighted by Crippen LogP contribution is -2.51. The van der Waals surface area contributed by atoms with Crippen molar-refractivity contribution in [2.45, 2.75) is 56.5 Å². The average Bonchev–Trinajstić information content (AvgIpc) is 3.67. The molecule has 9 nitrogen and oxygen atoms in total. The van der Waals surface area contributed by atoms with Crippen LogP contribution in [0.25, 0.3) is 6.08 Å². The molecule has 0 radical (unpaired) electrons. The third-order valence-electron chi connectivity index (χ3n) is 9.00. The van der Waals surface area contributed by atoms with E-state index in [0.29, 0.717) is 29.0 Å². The van der Waals surface area contributed by atoms with E-state index >= 15 is 8.78 Å².